The Labute approximate surface area is 130 Å². The molecule has 0 atom stereocenters. The maximum atomic E-state index is 6.13. The van der Waals surface area contributed by atoms with Crippen LogP contribution in [-0.2, 0) is 11.3 Å². The van der Waals surface area contributed by atoms with Crippen LogP contribution in [0.5, 0.6) is 0 Å². The first-order valence-corrected chi connectivity index (χ1v) is 7.24. The zero-order chi connectivity index (χ0) is 14.0. The molecule has 19 heavy (non-hydrogen) atoms. The van der Waals surface area contributed by atoms with Crippen LogP contribution in [-0.4, -0.2) is 26.9 Å². The van der Waals surface area contributed by atoms with Crippen molar-refractivity contribution in [2.75, 3.05) is 7.11 Å². The van der Waals surface area contributed by atoms with Gasteiger partial charge in [-0.2, -0.15) is 5.10 Å². The van der Waals surface area contributed by atoms with Gasteiger partial charge in [0.25, 0.3) is 0 Å². The van der Waals surface area contributed by atoms with Gasteiger partial charge in [0.2, 0.25) is 0 Å². The standard InChI is InChI=1S/C12H14ClIN4O/c1-7(2)18-5-8(4-15-18)12-16-9(6-19-3)10(14)11(13)17-12/h4-5,7H,6H2,1-3H3. The van der Waals surface area contributed by atoms with Crippen molar-refractivity contribution >= 4 is 34.2 Å². The Balaban J connectivity index is 2.43. The van der Waals surface area contributed by atoms with Crippen LogP contribution in [0.2, 0.25) is 5.15 Å². The van der Waals surface area contributed by atoms with Gasteiger partial charge in [-0.15, -0.1) is 0 Å². The van der Waals surface area contributed by atoms with E-state index in [2.05, 4.69) is 51.5 Å². The minimum Gasteiger partial charge on any atom is -0.378 e. The molecule has 2 aromatic rings. The van der Waals surface area contributed by atoms with E-state index < -0.39 is 0 Å². The third kappa shape index (κ3) is 3.24. The summed E-state index contributed by atoms with van der Waals surface area (Å²) in [4.78, 5) is 8.78. The Morgan fingerprint density at radius 2 is 2.16 bits per heavy atom. The highest BCUT2D eigenvalue weighted by Gasteiger charge is 2.13. The van der Waals surface area contributed by atoms with Crippen LogP contribution in [0.15, 0.2) is 12.4 Å². The van der Waals surface area contributed by atoms with Gasteiger partial charge in [-0.1, -0.05) is 11.6 Å². The molecule has 0 amide bonds. The highest BCUT2D eigenvalue weighted by Crippen LogP contribution is 2.24. The van der Waals surface area contributed by atoms with E-state index in [1.807, 2.05) is 10.9 Å². The average molecular weight is 393 g/mol. The molecule has 0 radical (unpaired) electrons. The fourth-order valence-electron chi connectivity index (χ4n) is 1.56. The lowest BCUT2D eigenvalue weighted by molar-refractivity contribution is 0.181. The lowest BCUT2D eigenvalue weighted by Gasteiger charge is -2.06. The van der Waals surface area contributed by atoms with Gasteiger partial charge in [0.15, 0.2) is 5.82 Å². The second-order valence-electron chi connectivity index (χ2n) is 4.33. The smallest absolute Gasteiger partial charge is 0.164 e. The molecule has 5 nitrogen and oxygen atoms in total. The van der Waals surface area contributed by atoms with E-state index >= 15 is 0 Å². The highest BCUT2D eigenvalue weighted by atomic mass is 127. The molecule has 0 aliphatic carbocycles. The van der Waals surface area contributed by atoms with Gasteiger partial charge in [0, 0.05) is 19.3 Å². The molecule has 0 aliphatic heterocycles. The summed E-state index contributed by atoms with van der Waals surface area (Å²) in [6.45, 7) is 4.54. The van der Waals surface area contributed by atoms with Crippen molar-refractivity contribution in [2.45, 2.75) is 26.5 Å². The summed E-state index contributed by atoms with van der Waals surface area (Å²) in [5, 5.41) is 4.72. The molecule has 2 heterocycles. The normalized spacial score (nSPS) is 11.3. The molecule has 0 spiro atoms. The molecular formula is C12H14ClIN4O. The minimum atomic E-state index is 0.298. The van der Waals surface area contributed by atoms with Crippen LogP contribution in [0, 0.1) is 3.57 Å². The van der Waals surface area contributed by atoms with Crippen molar-refractivity contribution in [3.05, 3.63) is 26.8 Å². The molecule has 0 aromatic carbocycles. The Hall–Kier alpha value is -0.730. The van der Waals surface area contributed by atoms with Gasteiger partial charge in [0.1, 0.15) is 5.15 Å². The number of hydrogen-bond donors (Lipinski definition) is 0. The third-order valence-electron chi connectivity index (χ3n) is 2.55. The number of nitrogens with zero attached hydrogens (tertiary/aromatic N) is 4. The van der Waals surface area contributed by atoms with E-state index in [0.717, 1.165) is 14.8 Å². The van der Waals surface area contributed by atoms with E-state index in [1.54, 1.807) is 13.3 Å². The molecule has 0 bridgehead atoms. The molecule has 0 saturated heterocycles. The zero-order valence-corrected chi connectivity index (χ0v) is 13.8. The predicted molar refractivity (Wildman–Crippen MR) is 82.1 cm³/mol. The maximum Gasteiger partial charge on any atom is 0.164 e. The van der Waals surface area contributed by atoms with Crippen LogP contribution >= 0.6 is 34.2 Å². The lowest BCUT2D eigenvalue weighted by Crippen LogP contribution is -2.02. The van der Waals surface area contributed by atoms with E-state index in [0.29, 0.717) is 23.6 Å². The summed E-state index contributed by atoms with van der Waals surface area (Å²) in [6.07, 6.45) is 3.66. The monoisotopic (exact) mass is 392 g/mol. The summed E-state index contributed by atoms with van der Waals surface area (Å²) in [6, 6.07) is 0.298. The molecule has 0 unspecified atom stereocenters. The highest BCUT2D eigenvalue weighted by molar-refractivity contribution is 14.1. The van der Waals surface area contributed by atoms with Crippen molar-refractivity contribution in [1.82, 2.24) is 19.7 Å². The molecule has 0 N–H and O–H groups in total. The van der Waals surface area contributed by atoms with Crippen LogP contribution in [0.4, 0.5) is 0 Å². The van der Waals surface area contributed by atoms with Crippen molar-refractivity contribution in [1.29, 1.82) is 0 Å². The van der Waals surface area contributed by atoms with Gasteiger partial charge >= 0.3 is 0 Å². The summed E-state index contributed by atoms with van der Waals surface area (Å²) in [5.74, 6) is 0.573. The van der Waals surface area contributed by atoms with Gasteiger partial charge in [0.05, 0.1) is 27.6 Å². The van der Waals surface area contributed by atoms with Crippen LogP contribution in [0.1, 0.15) is 25.6 Å². The summed E-state index contributed by atoms with van der Waals surface area (Å²) >= 11 is 8.25. The number of rotatable bonds is 4. The van der Waals surface area contributed by atoms with E-state index in [-0.39, 0.29) is 0 Å². The van der Waals surface area contributed by atoms with E-state index in [9.17, 15) is 0 Å². The zero-order valence-electron chi connectivity index (χ0n) is 10.9. The maximum absolute atomic E-state index is 6.13. The number of hydrogen-bond acceptors (Lipinski definition) is 4. The number of halogens is 2. The largest absolute Gasteiger partial charge is 0.378 e. The lowest BCUT2D eigenvalue weighted by atomic mass is 10.3. The van der Waals surface area contributed by atoms with Gasteiger partial charge in [-0.05, 0) is 36.4 Å². The first-order valence-electron chi connectivity index (χ1n) is 5.78. The fourth-order valence-corrected chi connectivity index (χ4v) is 2.15. The Bertz CT molecular complexity index is 585. The van der Waals surface area contributed by atoms with Crippen LogP contribution < -0.4 is 0 Å². The SMILES string of the molecule is COCc1nc(-c2cnn(C(C)C)c2)nc(Cl)c1I. The molecule has 7 heteroatoms. The van der Waals surface area contributed by atoms with Crippen molar-refractivity contribution in [3.8, 4) is 11.4 Å². The van der Waals surface area contributed by atoms with Gasteiger partial charge < -0.3 is 4.74 Å². The molecule has 2 aromatic heterocycles. The van der Waals surface area contributed by atoms with E-state index in [4.69, 9.17) is 16.3 Å². The third-order valence-corrected chi connectivity index (χ3v) is 4.28. The number of methoxy groups -OCH3 is 1. The molecule has 0 saturated carbocycles. The molecule has 0 aliphatic rings. The van der Waals surface area contributed by atoms with Gasteiger partial charge in [-0.3, -0.25) is 4.68 Å². The summed E-state index contributed by atoms with van der Waals surface area (Å²) in [7, 11) is 1.63. The second-order valence-corrected chi connectivity index (χ2v) is 5.77. The van der Waals surface area contributed by atoms with Crippen LogP contribution in [0.3, 0.4) is 0 Å². The van der Waals surface area contributed by atoms with Crippen molar-refractivity contribution in [3.63, 3.8) is 0 Å². The average Bonchev–Trinajstić information content (AvgIpc) is 2.84. The molecule has 0 fully saturated rings. The van der Waals surface area contributed by atoms with E-state index in [1.165, 1.54) is 0 Å². The Morgan fingerprint density at radius 3 is 2.74 bits per heavy atom. The Morgan fingerprint density at radius 1 is 1.42 bits per heavy atom. The first-order chi connectivity index (χ1) is 9.02. The first kappa shape index (κ1) is 14.7. The minimum absolute atomic E-state index is 0.298. The van der Waals surface area contributed by atoms with Crippen molar-refractivity contribution < 1.29 is 4.74 Å². The van der Waals surface area contributed by atoms with Crippen LogP contribution in [0.25, 0.3) is 11.4 Å². The number of ether oxygens (including phenoxy) is 1. The number of aromatic nitrogens is 4. The molecule has 2 rings (SSSR count). The quantitative estimate of drug-likeness (QED) is 0.592. The van der Waals surface area contributed by atoms with Crippen molar-refractivity contribution in [2.24, 2.45) is 0 Å². The summed E-state index contributed by atoms with van der Waals surface area (Å²) < 4.78 is 7.81. The summed E-state index contributed by atoms with van der Waals surface area (Å²) in [5.41, 5.74) is 1.64. The topological polar surface area (TPSA) is 52.8 Å². The molecular weight excluding hydrogens is 379 g/mol. The van der Waals surface area contributed by atoms with Gasteiger partial charge in [-0.25, -0.2) is 9.97 Å². The predicted octanol–water partition coefficient (Wildman–Crippen LogP) is 3.33. The Kier molecular flexibility index (Phi) is 4.75. The fraction of sp³-hybridized carbons (Fsp3) is 0.417. The molecule has 102 valence electrons. The second kappa shape index (κ2) is 6.15.